The summed E-state index contributed by atoms with van der Waals surface area (Å²) in [6, 6.07) is 0. The van der Waals surface area contributed by atoms with Gasteiger partial charge < -0.3 is 15.5 Å². The zero-order chi connectivity index (χ0) is 18.7. The fraction of sp³-hybridized carbons (Fsp3) is 0.556. The summed E-state index contributed by atoms with van der Waals surface area (Å²) in [6.45, 7) is 6.69. The third-order valence-corrected chi connectivity index (χ3v) is 4.66. The molecule has 1 aliphatic heterocycles. The molecule has 3 rings (SSSR count). The largest absolute Gasteiger partial charge is 0.363 e. The highest BCUT2D eigenvalue weighted by molar-refractivity contribution is 5.88. The summed E-state index contributed by atoms with van der Waals surface area (Å²) in [5.41, 5.74) is 2.64. The summed E-state index contributed by atoms with van der Waals surface area (Å²) in [5, 5.41) is 10.7. The number of hydrogen-bond acceptors (Lipinski definition) is 6. The lowest BCUT2D eigenvalue weighted by Gasteiger charge is -2.27. The number of anilines is 1. The van der Waals surface area contributed by atoms with E-state index >= 15 is 0 Å². The smallest absolute Gasteiger partial charge is 0.243 e. The van der Waals surface area contributed by atoms with Crippen LogP contribution in [0.15, 0.2) is 24.2 Å². The standard InChI is InChI=1S/C18H27N7O/c1-18(2,6-7-19-15(26)9-13-5-8-24(3)11-13)23-17-16-14(20-12-21-17)10-22-25(16)4/h9-10,12H,5-8,11H2,1-4H3,(H,19,26)(H,20,21,23)/b13-9+. The number of nitrogens with zero attached hydrogens (tertiary/aromatic N) is 5. The fourth-order valence-electron chi connectivity index (χ4n) is 3.17. The van der Waals surface area contributed by atoms with Crippen LogP contribution in [0.2, 0.25) is 0 Å². The van der Waals surface area contributed by atoms with E-state index in [2.05, 4.69) is 51.5 Å². The zero-order valence-electron chi connectivity index (χ0n) is 15.9. The SMILES string of the molecule is CN1CC/C(=C\C(=O)NCCC(C)(C)Nc2ncnc3cnn(C)c23)C1. The first-order valence-electron chi connectivity index (χ1n) is 8.91. The van der Waals surface area contributed by atoms with Crippen LogP contribution in [-0.2, 0) is 11.8 Å². The second-order valence-corrected chi connectivity index (χ2v) is 7.56. The Hall–Kier alpha value is -2.48. The fourth-order valence-corrected chi connectivity index (χ4v) is 3.17. The van der Waals surface area contributed by atoms with Gasteiger partial charge in [0.15, 0.2) is 5.82 Å². The second-order valence-electron chi connectivity index (χ2n) is 7.56. The molecular weight excluding hydrogens is 330 g/mol. The minimum atomic E-state index is -0.237. The van der Waals surface area contributed by atoms with Gasteiger partial charge in [0.05, 0.1) is 6.20 Å². The molecule has 0 aliphatic carbocycles. The quantitative estimate of drug-likeness (QED) is 0.758. The Morgan fingerprint density at radius 1 is 1.35 bits per heavy atom. The highest BCUT2D eigenvalue weighted by atomic mass is 16.1. The molecule has 0 unspecified atom stereocenters. The summed E-state index contributed by atoms with van der Waals surface area (Å²) < 4.78 is 1.76. The van der Waals surface area contributed by atoms with Crippen LogP contribution in [0.5, 0.6) is 0 Å². The Bertz CT molecular complexity index is 824. The lowest BCUT2D eigenvalue weighted by Crippen LogP contribution is -2.36. The van der Waals surface area contributed by atoms with Crippen molar-refractivity contribution in [2.24, 2.45) is 7.05 Å². The van der Waals surface area contributed by atoms with Gasteiger partial charge in [0.2, 0.25) is 5.91 Å². The van der Waals surface area contributed by atoms with Crippen LogP contribution >= 0.6 is 0 Å². The summed E-state index contributed by atoms with van der Waals surface area (Å²) in [7, 11) is 3.94. The third kappa shape index (κ3) is 4.37. The maximum atomic E-state index is 12.1. The number of amides is 1. The van der Waals surface area contributed by atoms with Crippen molar-refractivity contribution in [1.29, 1.82) is 0 Å². The molecule has 1 amide bonds. The molecule has 2 aromatic rings. The van der Waals surface area contributed by atoms with Crippen LogP contribution in [0.4, 0.5) is 5.82 Å². The van der Waals surface area contributed by atoms with E-state index in [1.807, 2.05) is 7.05 Å². The Kier molecular flexibility index (Phi) is 5.22. The lowest BCUT2D eigenvalue weighted by atomic mass is 10.0. The van der Waals surface area contributed by atoms with Crippen molar-refractivity contribution in [1.82, 2.24) is 30.0 Å². The molecule has 2 aromatic heterocycles. The molecule has 1 fully saturated rings. The van der Waals surface area contributed by atoms with Crippen LogP contribution in [0, 0.1) is 0 Å². The number of likely N-dealkylation sites (tertiary alicyclic amines) is 1. The van der Waals surface area contributed by atoms with Gasteiger partial charge in [0.1, 0.15) is 17.4 Å². The number of aromatic nitrogens is 4. The number of aryl methyl sites for hydroxylation is 1. The first kappa shape index (κ1) is 18.3. The number of carbonyl (C=O) groups is 1. The number of rotatable bonds is 6. The lowest BCUT2D eigenvalue weighted by molar-refractivity contribution is -0.116. The number of nitrogens with one attached hydrogen (secondary N) is 2. The van der Waals surface area contributed by atoms with Crippen LogP contribution in [0.3, 0.4) is 0 Å². The molecule has 8 heteroatoms. The Labute approximate surface area is 153 Å². The number of fused-ring (bicyclic) bond motifs is 1. The van der Waals surface area contributed by atoms with Gasteiger partial charge in [-0.25, -0.2) is 9.97 Å². The minimum absolute atomic E-state index is 0.0119. The summed E-state index contributed by atoms with van der Waals surface area (Å²) in [4.78, 5) is 22.9. The van der Waals surface area contributed by atoms with Gasteiger partial charge in [0, 0.05) is 38.3 Å². The van der Waals surface area contributed by atoms with E-state index in [-0.39, 0.29) is 11.4 Å². The molecule has 140 valence electrons. The van der Waals surface area contributed by atoms with E-state index in [1.165, 1.54) is 11.9 Å². The minimum Gasteiger partial charge on any atom is -0.363 e. The van der Waals surface area contributed by atoms with Crippen molar-refractivity contribution in [2.45, 2.75) is 32.2 Å². The maximum absolute atomic E-state index is 12.1. The van der Waals surface area contributed by atoms with Crippen LogP contribution in [0.25, 0.3) is 11.0 Å². The van der Waals surface area contributed by atoms with E-state index < -0.39 is 0 Å². The molecule has 2 N–H and O–H groups in total. The molecule has 0 atom stereocenters. The van der Waals surface area contributed by atoms with Gasteiger partial charge >= 0.3 is 0 Å². The van der Waals surface area contributed by atoms with Crippen molar-refractivity contribution in [2.75, 3.05) is 32.0 Å². The predicted molar refractivity (Wildman–Crippen MR) is 102 cm³/mol. The van der Waals surface area contributed by atoms with Crippen molar-refractivity contribution in [3.8, 4) is 0 Å². The second kappa shape index (κ2) is 7.41. The number of carbonyl (C=O) groups excluding carboxylic acids is 1. The molecule has 26 heavy (non-hydrogen) atoms. The average molecular weight is 357 g/mol. The first-order chi connectivity index (χ1) is 12.3. The highest BCUT2D eigenvalue weighted by Crippen LogP contribution is 2.22. The van der Waals surface area contributed by atoms with Crippen molar-refractivity contribution in [3.63, 3.8) is 0 Å². The molecule has 1 aliphatic rings. The molecule has 0 aromatic carbocycles. The molecule has 0 spiro atoms. The third-order valence-electron chi connectivity index (χ3n) is 4.66. The van der Waals surface area contributed by atoms with E-state index in [0.717, 1.165) is 42.8 Å². The van der Waals surface area contributed by atoms with Gasteiger partial charge in [-0.1, -0.05) is 0 Å². The zero-order valence-corrected chi connectivity index (χ0v) is 15.9. The van der Waals surface area contributed by atoms with Crippen LogP contribution in [0.1, 0.15) is 26.7 Å². The summed E-state index contributed by atoms with van der Waals surface area (Å²) in [5.74, 6) is 0.740. The van der Waals surface area contributed by atoms with Gasteiger partial charge in [0.25, 0.3) is 0 Å². The predicted octanol–water partition coefficient (Wildman–Crippen LogP) is 1.32. The van der Waals surface area contributed by atoms with Gasteiger partial charge in [-0.05, 0) is 39.3 Å². The van der Waals surface area contributed by atoms with Crippen molar-refractivity contribution in [3.05, 3.63) is 24.2 Å². The van der Waals surface area contributed by atoms with E-state index in [1.54, 1.807) is 17.0 Å². The number of hydrogen-bond donors (Lipinski definition) is 2. The first-order valence-corrected chi connectivity index (χ1v) is 8.91. The normalized spacial score (nSPS) is 17.2. The monoisotopic (exact) mass is 357 g/mol. The van der Waals surface area contributed by atoms with E-state index in [0.29, 0.717) is 6.54 Å². The topological polar surface area (TPSA) is 88.0 Å². The molecule has 0 bridgehead atoms. The maximum Gasteiger partial charge on any atom is 0.243 e. The van der Waals surface area contributed by atoms with Gasteiger partial charge in [-0.15, -0.1) is 0 Å². The molecule has 1 saturated heterocycles. The molecule has 0 radical (unpaired) electrons. The molecule has 3 heterocycles. The molecular formula is C18H27N7O. The van der Waals surface area contributed by atoms with Crippen LogP contribution in [-0.4, -0.2) is 62.8 Å². The van der Waals surface area contributed by atoms with Gasteiger partial charge in [-0.2, -0.15) is 5.10 Å². The van der Waals surface area contributed by atoms with Gasteiger partial charge in [-0.3, -0.25) is 9.48 Å². The van der Waals surface area contributed by atoms with Crippen LogP contribution < -0.4 is 10.6 Å². The summed E-state index contributed by atoms with van der Waals surface area (Å²) >= 11 is 0. The molecule has 0 saturated carbocycles. The Morgan fingerprint density at radius 3 is 2.88 bits per heavy atom. The van der Waals surface area contributed by atoms with Crippen molar-refractivity contribution >= 4 is 22.8 Å². The summed E-state index contributed by atoms with van der Waals surface area (Å²) in [6.07, 6.45) is 6.75. The highest BCUT2D eigenvalue weighted by Gasteiger charge is 2.21. The Balaban J connectivity index is 1.55. The average Bonchev–Trinajstić information content (AvgIpc) is 3.13. The van der Waals surface area contributed by atoms with E-state index in [4.69, 9.17) is 0 Å². The molecule has 8 nitrogen and oxygen atoms in total. The van der Waals surface area contributed by atoms with Crippen molar-refractivity contribution < 1.29 is 4.79 Å². The Morgan fingerprint density at radius 2 is 2.15 bits per heavy atom. The van der Waals surface area contributed by atoms with E-state index in [9.17, 15) is 4.79 Å². The number of likely N-dealkylation sites (N-methyl/N-ethyl adjacent to an activating group) is 1.